The first-order chi connectivity index (χ1) is 6.83. The van der Waals surface area contributed by atoms with E-state index in [2.05, 4.69) is 6.07 Å². The number of nitrogens with zero attached hydrogens (tertiary/aromatic N) is 1. The van der Waals surface area contributed by atoms with Gasteiger partial charge >= 0.3 is 0 Å². The maximum absolute atomic E-state index is 11.5. The van der Waals surface area contributed by atoms with Gasteiger partial charge in [0.15, 0.2) is 0 Å². The highest BCUT2D eigenvalue weighted by molar-refractivity contribution is 7.91. The Balaban J connectivity index is 4.01. The van der Waals surface area contributed by atoms with E-state index in [4.69, 9.17) is 10.00 Å². The molecule has 0 bridgehead atoms. The second-order valence-electron chi connectivity index (χ2n) is 4.24. The van der Waals surface area contributed by atoms with Crippen LogP contribution in [0, 0.1) is 16.7 Å². The fraction of sp³-hybridized carbons (Fsp3) is 0.900. The molecule has 0 saturated heterocycles. The topological polar surface area (TPSA) is 67.2 Å². The summed E-state index contributed by atoms with van der Waals surface area (Å²) in [5.41, 5.74) is -0.561. The Morgan fingerprint density at radius 1 is 1.33 bits per heavy atom. The van der Waals surface area contributed by atoms with Crippen molar-refractivity contribution >= 4 is 9.84 Å². The van der Waals surface area contributed by atoms with Crippen LogP contribution in [0.25, 0.3) is 0 Å². The molecular formula is C10H19NO3S. The summed E-state index contributed by atoms with van der Waals surface area (Å²) in [5.74, 6) is 0.222. The Morgan fingerprint density at radius 2 is 1.93 bits per heavy atom. The van der Waals surface area contributed by atoms with Crippen LogP contribution in [0.15, 0.2) is 0 Å². The van der Waals surface area contributed by atoms with Crippen molar-refractivity contribution in [2.75, 3.05) is 25.2 Å². The molecule has 0 aliphatic rings. The Bertz CT molecular complexity index is 314. The van der Waals surface area contributed by atoms with Crippen molar-refractivity contribution in [2.45, 2.75) is 26.7 Å². The lowest BCUT2D eigenvalue weighted by atomic mass is 9.93. The highest BCUT2D eigenvalue weighted by Crippen LogP contribution is 2.19. The first kappa shape index (κ1) is 14.4. The fourth-order valence-electron chi connectivity index (χ4n) is 0.992. The normalized spacial score (nSPS) is 12.4. The predicted octanol–water partition coefficient (Wildman–Crippen LogP) is 1.38. The Hall–Kier alpha value is -0.600. The van der Waals surface area contributed by atoms with Crippen LogP contribution in [0.1, 0.15) is 26.7 Å². The molecule has 0 spiro atoms. The third kappa shape index (κ3) is 7.34. The van der Waals surface area contributed by atoms with Gasteiger partial charge in [0.25, 0.3) is 0 Å². The van der Waals surface area contributed by atoms with E-state index in [9.17, 15) is 8.42 Å². The zero-order valence-electron chi connectivity index (χ0n) is 9.62. The van der Waals surface area contributed by atoms with Crippen molar-refractivity contribution in [3.8, 4) is 6.07 Å². The summed E-state index contributed by atoms with van der Waals surface area (Å²) in [5, 5.41) is 8.74. The molecule has 0 rings (SSSR count). The minimum atomic E-state index is -3.03. The van der Waals surface area contributed by atoms with Crippen LogP contribution in [0.4, 0.5) is 0 Å². The van der Waals surface area contributed by atoms with E-state index in [1.165, 1.54) is 0 Å². The fourth-order valence-corrected chi connectivity index (χ4v) is 2.57. The monoisotopic (exact) mass is 233 g/mol. The quantitative estimate of drug-likeness (QED) is 0.623. The van der Waals surface area contributed by atoms with Gasteiger partial charge in [0.05, 0.1) is 23.0 Å². The lowest BCUT2D eigenvalue weighted by Gasteiger charge is -2.14. The summed E-state index contributed by atoms with van der Waals surface area (Å²) in [4.78, 5) is 0. The molecule has 0 fully saturated rings. The van der Waals surface area contributed by atoms with E-state index in [0.717, 1.165) is 0 Å². The molecule has 0 aliphatic heterocycles. The maximum atomic E-state index is 11.5. The van der Waals surface area contributed by atoms with Crippen molar-refractivity contribution in [1.82, 2.24) is 0 Å². The van der Waals surface area contributed by atoms with Crippen molar-refractivity contribution in [3.05, 3.63) is 0 Å². The zero-order chi connectivity index (χ0) is 11.9. The van der Waals surface area contributed by atoms with E-state index in [1.54, 1.807) is 21.0 Å². The van der Waals surface area contributed by atoms with E-state index < -0.39 is 15.3 Å². The molecule has 0 saturated carbocycles. The highest BCUT2D eigenvalue weighted by atomic mass is 32.2. The van der Waals surface area contributed by atoms with Gasteiger partial charge in [0.1, 0.15) is 9.84 Å². The second kappa shape index (κ2) is 6.09. The standard InChI is InChI=1S/C10H19NO3S/c1-10(2,9-11)5-8-15(12,13)7-4-6-14-3/h4-8H2,1-3H3. The zero-order valence-corrected chi connectivity index (χ0v) is 10.4. The predicted molar refractivity (Wildman–Crippen MR) is 59.2 cm³/mol. The molecule has 4 nitrogen and oxygen atoms in total. The number of rotatable bonds is 7. The first-order valence-corrected chi connectivity index (χ1v) is 6.76. The van der Waals surface area contributed by atoms with Crippen LogP contribution in [-0.2, 0) is 14.6 Å². The van der Waals surface area contributed by atoms with Crippen molar-refractivity contribution in [3.63, 3.8) is 0 Å². The average molecular weight is 233 g/mol. The van der Waals surface area contributed by atoms with Crippen LogP contribution in [-0.4, -0.2) is 33.6 Å². The molecule has 5 heteroatoms. The number of hydrogen-bond acceptors (Lipinski definition) is 4. The average Bonchev–Trinajstić information content (AvgIpc) is 2.16. The largest absolute Gasteiger partial charge is 0.385 e. The Labute approximate surface area is 92.2 Å². The summed E-state index contributed by atoms with van der Waals surface area (Å²) < 4.78 is 27.8. The second-order valence-corrected chi connectivity index (χ2v) is 6.55. The molecule has 0 N–H and O–H groups in total. The molecule has 0 aromatic rings. The third-order valence-electron chi connectivity index (χ3n) is 2.14. The van der Waals surface area contributed by atoms with Crippen molar-refractivity contribution in [2.24, 2.45) is 5.41 Å². The summed E-state index contributed by atoms with van der Waals surface area (Å²) in [7, 11) is -1.48. The molecule has 0 aliphatic carbocycles. The van der Waals surface area contributed by atoms with Crippen LogP contribution < -0.4 is 0 Å². The number of ether oxygens (including phenoxy) is 1. The van der Waals surface area contributed by atoms with E-state index in [-0.39, 0.29) is 11.5 Å². The van der Waals surface area contributed by atoms with Gasteiger partial charge in [-0.2, -0.15) is 5.26 Å². The van der Waals surface area contributed by atoms with Gasteiger partial charge in [-0.05, 0) is 26.7 Å². The van der Waals surface area contributed by atoms with Crippen molar-refractivity contribution in [1.29, 1.82) is 5.26 Å². The Morgan fingerprint density at radius 3 is 2.40 bits per heavy atom. The smallest absolute Gasteiger partial charge is 0.150 e. The van der Waals surface area contributed by atoms with E-state index >= 15 is 0 Å². The van der Waals surface area contributed by atoms with Gasteiger partial charge in [0, 0.05) is 13.7 Å². The van der Waals surface area contributed by atoms with Gasteiger partial charge in [-0.15, -0.1) is 0 Å². The van der Waals surface area contributed by atoms with Crippen LogP contribution in [0.2, 0.25) is 0 Å². The number of nitriles is 1. The maximum Gasteiger partial charge on any atom is 0.150 e. The minimum Gasteiger partial charge on any atom is -0.385 e. The first-order valence-electron chi connectivity index (χ1n) is 4.93. The molecule has 15 heavy (non-hydrogen) atoms. The number of hydrogen-bond donors (Lipinski definition) is 0. The van der Waals surface area contributed by atoms with Gasteiger partial charge in [0.2, 0.25) is 0 Å². The van der Waals surface area contributed by atoms with Crippen molar-refractivity contribution < 1.29 is 13.2 Å². The molecule has 0 aromatic carbocycles. The molecular weight excluding hydrogens is 214 g/mol. The summed E-state index contributed by atoms with van der Waals surface area (Å²) >= 11 is 0. The van der Waals surface area contributed by atoms with Crippen LogP contribution in [0.3, 0.4) is 0 Å². The van der Waals surface area contributed by atoms with Crippen LogP contribution >= 0.6 is 0 Å². The molecule has 0 amide bonds. The lowest BCUT2D eigenvalue weighted by molar-refractivity contribution is 0.199. The van der Waals surface area contributed by atoms with E-state index in [1.807, 2.05) is 0 Å². The van der Waals surface area contributed by atoms with Gasteiger partial charge in [-0.25, -0.2) is 8.42 Å². The van der Waals surface area contributed by atoms with Gasteiger partial charge in [-0.3, -0.25) is 0 Å². The summed E-state index contributed by atoms with van der Waals surface area (Å²) in [6, 6.07) is 2.09. The number of methoxy groups -OCH3 is 1. The van der Waals surface area contributed by atoms with Gasteiger partial charge < -0.3 is 4.74 Å². The highest BCUT2D eigenvalue weighted by Gasteiger charge is 2.20. The summed E-state index contributed by atoms with van der Waals surface area (Å²) in [6.07, 6.45) is 0.907. The minimum absolute atomic E-state index is 0.0806. The molecule has 0 radical (unpaired) electrons. The molecule has 0 atom stereocenters. The molecule has 0 aromatic heterocycles. The SMILES string of the molecule is COCCCS(=O)(=O)CCC(C)(C)C#N. The third-order valence-corrected chi connectivity index (χ3v) is 3.88. The molecule has 0 heterocycles. The summed E-state index contributed by atoms with van der Waals surface area (Å²) in [6.45, 7) is 3.95. The number of sulfone groups is 1. The Kier molecular flexibility index (Phi) is 5.84. The molecule has 88 valence electrons. The molecule has 0 unspecified atom stereocenters. The lowest BCUT2D eigenvalue weighted by Crippen LogP contribution is -2.19. The van der Waals surface area contributed by atoms with E-state index in [0.29, 0.717) is 19.4 Å². The van der Waals surface area contributed by atoms with Gasteiger partial charge in [-0.1, -0.05) is 0 Å². The van der Waals surface area contributed by atoms with Crippen LogP contribution in [0.5, 0.6) is 0 Å².